The van der Waals surface area contributed by atoms with E-state index in [-0.39, 0.29) is 24.3 Å². The Hall–Kier alpha value is -2.93. The van der Waals surface area contributed by atoms with Crippen LogP contribution in [-0.4, -0.2) is 37.4 Å². The molecular formula is C19H21NO6. The Balaban J connectivity index is 2.00. The van der Waals surface area contributed by atoms with E-state index in [9.17, 15) is 15.0 Å². The number of carbonyl (C=O) groups excluding carboxylic acids is 1. The summed E-state index contributed by atoms with van der Waals surface area (Å²) in [6.07, 6.45) is 0.328. The number of hydrogen-bond donors (Lipinski definition) is 2. The third-order valence-electron chi connectivity index (χ3n) is 4.53. The van der Waals surface area contributed by atoms with E-state index in [1.165, 1.54) is 21.3 Å². The third kappa shape index (κ3) is 2.90. The van der Waals surface area contributed by atoms with Gasteiger partial charge in [0.2, 0.25) is 5.91 Å². The maximum Gasteiger partial charge on any atom is 0.230 e. The summed E-state index contributed by atoms with van der Waals surface area (Å²) >= 11 is 0. The van der Waals surface area contributed by atoms with Gasteiger partial charge in [-0.25, -0.2) is 0 Å². The average Bonchev–Trinajstić information content (AvgIpc) is 2.64. The maximum absolute atomic E-state index is 12.3. The van der Waals surface area contributed by atoms with Gasteiger partial charge in [0.05, 0.1) is 40.4 Å². The zero-order chi connectivity index (χ0) is 18.8. The Bertz CT molecular complexity index is 810. The Labute approximate surface area is 151 Å². The summed E-state index contributed by atoms with van der Waals surface area (Å²) in [5, 5.41) is 19.6. The van der Waals surface area contributed by atoms with E-state index < -0.39 is 0 Å². The van der Waals surface area contributed by atoms with Gasteiger partial charge in [-0.3, -0.25) is 4.79 Å². The number of hydrogen-bond acceptors (Lipinski definition) is 6. The van der Waals surface area contributed by atoms with Crippen molar-refractivity contribution in [3.05, 3.63) is 41.5 Å². The van der Waals surface area contributed by atoms with Crippen LogP contribution in [0.5, 0.6) is 23.0 Å². The highest BCUT2D eigenvalue weighted by atomic mass is 16.5. The smallest absolute Gasteiger partial charge is 0.230 e. The summed E-state index contributed by atoms with van der Waals surface area (Å²) in [5.41, 5.74) is 1.92. The van der Waals surface area contributed by atoms with Crippen molar-refractivity contribution >= 4 is 11.6 Å². The van der Waals surface area contributed by atoms with E-state index in [1.807, 2.05) is 6.07 Å². The van der Waals surface area contributed by atoms with Crippen molar-refractivity contribution in [1.82, 2.24) is 0 Å². The molecule has 2 aromatic rings. The number of amides is 1. The van der Waals surface area contributed by atoms with Crippen LogP contribution in [0.15, 0.2) is 30.3 Å². The van der Waals surface area contributed by atoms with Crippen molar-refractivity contribution in [3.8, 4) is 23.0 Å². The van der Waals surface area contributed by atoms with Crippen LogP contribution in [0.1, 0.15) is 23.6 Å². The molecule has 1 aliphatic heterocycles. The van der Waals surface area contributed by atoms with Crippen LogP contribution >= 0.6 is 0 Å². The Morgan fingerprint density at radius 1 is 1.08 bits per heavy atom. The summed E-state index contributed by atoms with van der Waals surface area (Å²) in [5.74, 6) is 1.21. The SMILES string of the molecule is COc1ccc([C@H]2CC(=O)N2c2cc(CO)c(OC)c(OC)c2)cc1O. The largest absolute Gasteiger partial charge is 0.504 e. The lowest BCUT2D eigenvalue weighted by Crippen LogP contribution is -2.46. The topological polar surface area (TPSA) is 88.5 Å². The fourth-order valence-corrected chi connectivity index (χ4v) is 3.21. The molecule has 3 rings (SSSR count). The van der Waals surface area contributed by atoms with Crippen LogP contribution in [0.3, 0.4) is 0 Å². The van der Waals surface area contributed by atoms with E-state index in [4.69, 9.17) is 14.2 Å². The molecular weight excluding hydrogens is 338 g/mol. The molecule has 0 aromatic heterocycles. The van der Waals surface area contributed by atoms with Gasteiger partial charge in [0.25, 0.3) is 0 Å². The number of rotatable bonds is 6. The molecule has 2 N–H and O–H groups in total. The van der Waals surface area contributed by atoms with Gasteiger partial charge in [0, 0.05) is 17.3 Å². The standard InChI is InChI=1S/C19H21NO6/c1-24-16-5-4-11(7-15(16)22)14-9-18(23)20(14)13-6-12(10-21)19(26-3)17(8-13)25-2/h4-8,14,21-22H,9-10H2,1-3H3/t14-/m1/s1. The predicted octanol–water partition coefficient (Wildman–Crippen LogP) is 2.39. The van der Waals surface area contributed by atoms with Gasteiger partial charge in [-0.1, -0.05) is 6.07 Å². The molecule has 1 fully saturated rings. The summed E-state index contributed by atoms with van der Waals surface area (Å²) in [4.78, 5) is 13.9. The highest BCUT2D eigenvalue weighted by Gasteiger charge is 2.39. The first-order valence-electron chi connectivity index (χ1n) is 8.08. The van der Waals surface area contributed by atoms with Crippen LogP contribution in [0.2, 0.25) is 0 Å². The lowest BCUT2D eigenvalue weighted by atomic mass is 9.92. The van der Waals surface area contributed by atoms with Gasteiger partial charge in [0.1, 0.15) is 0 Å². The second-order valence-electron chi connectivity index (χ2n) is 5.91. The average molecular weight is 359 g/mol. The zero-order valence-electron chi connectivity index (χ0n) is 14.9. The van der Waals surface area contributed by atoms with E-state index in [2.05, 4.69) is 0 Å². The molecule has 0 radical (unpaired) electrons. The molecule has 1 heterocycles. The van der Waals surface area contributed by atoms with Crippen molar-refractivity contribution in [2.24, 2.45) is 0 Å². The second-order valence-corrected chi connectivity index (χ2v) is 5.91. The fraction of sp³-hybridized carbons (Fsp3) is 0.316. The highest BCUT2D eigenvalue weighted by Crippen LogP contribution is 2.44. The molecule has 0 bridgehead atoms. The molecule has 0 aliphatic carbocycles. The van der Waals surface area contributed by atoms with Gasteiger partial charge in [-0.2, -0.15) is 0 Å². The number of aliphatic hydroxyl groups is 1. The zero-order valence-corrected chi connectivity index (χ0v) is 14.9. The number of β-lactam (4-membered cyclic amide) rings is 1. The van der Waals surface area contributed by atoms with Crippen LogP contribution < -0.4 is 19.1 Å². The summed E-state index contributed by atoms with van der Waals surface area (Å²) in [7, 11) is 4.47. The number of ether oxygens (including phenoxy) is 3. The number of anilines is 1. The number of phenols is 1. The molecule has 7 nitrogen and oxygen atoms in total. The first-order chi connectivity index (χ1) is 12.5. The minimum absolute atomic E-state index is 0.0210. The van der Waals surface area contributed by atoms with Crippen molar-refractivity contribution in [3.63, 3.8) is 0 Å². The molecule has 1 saturated heterocycles. The molecule has 0 spiro atoms. The van der Waals surface area contributed by atoms with Crippen molar-refractivity contribution in [1.29, 1.82) is 0 Å². The molecule has 0 unspecified atom stereocenters. The monoisotopic (exact) mass is 359 g/mol. The van der Waals surface area contributed by atoms with Gasteiger partial charge in [-0.05, 0) is 23.8 Å². The van der Waals surface area contributed by atoms with Gasteiger partial charge >= 0.3 is 0 Å². The fourth-order valence-electron chi connectivity index (χ4n) is 3.21. The Kier molecular flexibility index (Phi) is 4.90. The number of nitrogens with zero attached hydrogens (tertiary/aromatic N) is 1. The second kappa shape index (κ2) is 7.13. The van der Waals surface area contributed by atoms with Gasteiger partial charge in [-0.15, -0.1) is 0 Å². The summed E-state index contributed by atoms with van der Waals surface area (Å²) in [6, 6.07) is 8.26. The van der Waals surface area contributed by atoms with Gasteiger partial charge < -0.3 is 29.3 Å². The van der Waals surface area contributed by atoms with E-state index in [1.54, 1.807) is 29.2 Å². The Morgan fingerprint density at radius 2 is 1.81 bits per heavy atom. The lowest BCUT2D eigenvalue weighted by Gasteiger charge is -2.41. The maximum atomic E-state index is 12.3. The molecule has 138 valence electrons. The number of methoxy groups -OCH3 is 3. The quantitative estimate of drug-likeness (QED) is 0.770. The Morgan fingerprint density at radius 3 is 2.35 bits per heavy atom. The minimum atomic E-state index is -0.247. The minimum Gasteiger partial charge on any atom is -0.504 e. The third-order valence-corrected chi connectivity index (χ3v) is 4.53. The first-order valence-corrected chi connectivity index (χ1v) is 8.08. The van der Waals surface area contributed by atoms with Gasteiger partial charge in [0.15, 0.2) is 23.0 Å². The number of benzene rings is 2. The van der Waals surface area contributed by atoms with Crippen LogP contribution in [0.4, 0.5) is 5.69 Å². The number of aliphatic hydroxyl groups excluding tert-OH is 1. The van der Waals surface area contributed by atoms with E-state index in [0.29, 0.717) is 34.9 Å². The van der Waals surface area contributed by atoms with Crippen LogP contribution in [0.25, 0.3) is 0 Å². The summed E-state index contributed by atoms with van der Waals surface area (Å²) < 4.78 is 15.7. The predicted molar refractivity (Wildman–Crippen MR) is 95.0 cm³/mol. The molecule has 0 saturated carbocycles. The van der Waals surface area contributed by atoms with Crippen molar-refractivity contribution in [2.75, 3.05) is 26.2 Å². The van der Waals surface area contributed by atoms with E-state index in [0.717, 1.165) is 5.56 Å². The van der Waals surface area contributed by atoms with Crippen LogP contribution in [0, 0.1) is 0 Å². The number of carbonyl (C=O) groups is 1. The van der Waals surface area contributed by atoms with Crippen molar-refractivity contribution < 1.29 is 29.2 Å². The van der Waals surface area contributed by atoms with Crippen LogP contribution in [-0.2, 0) is 11.4 Å². The molecule has 1 atom stereocenters. The lowest BCUT2D eigenvalue weighted by molar-refractivity contribution is -0.124. The summed E-state index contributed by atoms with van der Waals surface area (Å²) in [6.45, 7) is -0.247. The number of aromatic hydroxyl groups is 1. The molecule has 26 heavy (non-hydrogen) atoms. The normalized spacial score (nSPS) is 16.2. The highest BCUT2D eigenvalue weighted by molar-refractivity contribution is 6.01. The van der Waals surface area contributed by atoms with E-state index >= 15 is 0 Å². The molecule has 7 heteroatoms. The molecule has 2 aromatic carbocycles. The molecule has 1 amide bonds. The van der Waals surface area contributed by atoms with Crippen molar-refractivity contribution in [2.45, 2.75) is 19.1 Å². The number of phenolic OH excluding ortho intramolecular Hbond substituents is 1. The first kappa shape index (κ1) is 17.9. The molecule has 1 aliphatic rings.